The fourth-order valence-corrected chi connectivity index (χ4v) is 1.32. The highest BCUT2D eigenvalue weighted by Gasteiger charge is 2.36. The van der Waals surface area contributed by atoms with Crippen LogP contribution in [0.5, 0.6) is 0 Å². The molecule has 1 aromatic heterocycles. The summed E-state index contributed by atoms with van der Waals surface area (Å²) in [5.74, 6) is 0.537. The lowest BCUT2D eigenvalue weighted by molar-refractivity contribution is 0.719. The van der Waals surface area contributed by atoms with Gasteiger partial charge in [0.05, 0.1) is 5.69 Å². The Morgan fingerprint density at radius 1 is 1.73 bits per heavy atom. The molecule has 1 heterocycles. The predicted molar refractivity (Wildman–Crippen MR) is 43.3 cm³/mol. The molecule has 1 aliphatic rings. The van der Waals surface area contributed by atoms with Crippen LogP contribution in [0.25, 0.3) is 0 Å². The van der Waals surface area contributed by atoms with E-state index in [4.69, 9.17) is 5.73 Å². The number of rotatable bonds is 1. The molecule has 0 bridgehead atoms. The van der Waals surface area contributed by atoms with Crippen molar-refractivity contribution in [1.82, 2.24) is 9.78 Å². The number of nitrogens with zero attached hydrogens (tertiary/aromatic N) is 2. The summed E-state index contributed by atoms with van der Waals surface area (Å²) in [6.07, 6.45) is 1.11. The molecule has 1 saturated carbocycles. The summed E-state index contributed by atoms with van der Waals surface area (Å²) in [5.41, 5.74) is 8.08. The standard InChI is InChI=1S/C8H13N3/c1-5-3-8(10-11(5)2)6-4-7(6)9/h3,6-7H,4,9H2,1-2H3. The third kappa shape index (κ3) is 1.05. The minimum atomic E-state index is 0.365. The average Bonchev–Trinajstić information content (AvgIpc) is 2.56. The van der Waals surface area contributed by atoms with E-state index in [0.29, 0.717) is 12.0 Å². The number of hydrogen-bond acceptors (Lipinski definition) is 2. The van der Waals surface area contributed by atoms with Gasteiger partial charge in [0.15, 0.2) is 0 Å². The first-order valence-corrected chi connectivity index (χ1v) is 3.94. The van der Waals surface area contributed by atoms with Gasteiger partial charge in [0.2, 0.25) is 0 Å². The van der Waals surface area contributed by atoms with E-state index in [1.165, 1.54) is 5.69 Å². The van der Waals surface area contributed by atoms with Gasteiger partial charge in [-0.3, -0.25) is 4.68 Å². The summed E-state index contributed by atoms with van der Waals surface area (Å²) >= 11 is 0. The van der Waals surface area contributed by atoms with Crippen LogP contribution >= 0.6 is 0 Å². The zero-order valence-electron chi connectivity index (χ0n) is 6.91. The van der Waals surface area contributed by atoms with Gasteiger partial charge in [-0.05, 0) is 19.4 Å². The minimum Gasteiger partial charge on any atom is -0.327 e. The average molecular weight is 151 g/mol. The molecule has 2 unspecified atom stereocenters. The second-order valence-electron chi connectivity index (χ2n) is 3.34. The normalized spacial score (nSPS) is 29.0. The number of aromatic nitrogens is 2. The van der Waals surface area contributed by atoms with Crippen molar-refractivity contribution >= 4 is 0 Å². The first-order valence-electron chi connectivity index (χ1n) is 3.94. The van der Waals surface area contributed by atoms with Crippen LogP contribution in [0.2, 0.25) is 0 Å². The molecule has 1 aliphatic carbocycles. The smallest absolute Gasteiger partial charge is 0.0674 e. The van der Waals surface area contributed by atoms with Crippen molar-refractivity contribution in [3.8, 4) is 0 Å². The fraction of sp³-hybridized carbons (Fsp3) is 0.625. The Kier molecular flexibility index (Phi) is 1.29. The van der Waals surface area contributed by atoms with Crippen LogP contribution in [-0.4, -0.2) is 15.8 Å². The van der Waals surface area contributed by atoms with Gasteiger partial charge < -0.3 is 5.73 Å². The first-order chi connectivity index (χ1) is 5.18. The summed E-state index contributed by atoms with van der Waals surface area (Å²) in [7, 11) is 1.97. The zero-order chi connectivity index (χ0) is 8.01. The lowest BCUT2D eigenvalue weighted by Gasteiger charge is -1.89. The summed E-state index contributed by atoms with van der Waals surface area (Å²) in [6.45, 7) is 2.06. The molecule has 0 amide bonds. The molecule has 2 rings (SSSR count). The lowest BCUT2D eigenvalue weighted by Crippen LogP contribution is -2.01. The number of aryl methyl sites for hydroxylation is 2. The molecular formula is C8H13N3. The van der Waals surface area contributed by atoms with Crippen LogP contribution in [0, 0.1) is 6.92 Å². The Morgan fingerprint density at radius 2 is 2.36 bits per heavy atom. The molecule has 0 saturated heterocycles. The van der Waals surface area contributed by atoms with E-state index in [1.807, 2.05) is 11.7 Å². The van der Waals surface area contributed by atoms with Crippen LogP contribution in [-0.2, 0) is 7.05 Å². The molecule has 1 aromatic rings. The molecule has 3 nitrogen and oxygen atoms in total. The third-order valence-corrected chi connectivity index (χ3v) is 2.35. The molecular weight excluding hydrogens is 138 g/mol. The quantitative estimate of drug-likeness (QED) is 0.636. The largest absolute Gasteiger partial charge is 0.327 e. The van der Waals surface area contributed by atoms with E-state index in [0.717, 1.165) is 12.1 Å². The third-order valence-electron chi connectivity index (χ3n) is 2.35. The van der Waals surface area contributed by atoms with Gasteiger partial charge in [0, 0.05) is 24.7 Å². The Balaban J connectivity index is 2.26. The molecule has 2 atom stereocenters. The SMILES string of the molecule is Cc1cc(C2CC2N)nn1C. The summed E-state index contributed by atoms with van der Waals surface area (Å²) in [6, 6.07) is 2.49. The Morgan fingerprint density at radius 3 is 2.73 bits per heavy atom. The van der Waals surface area contributed by atoms with Gasteiger partial charge in [0.25, 0.3) is 0 Å². The van der Waals surface area contributed by atoms with Gasteiger partial charge in [-0.2, -0.15) is 5.10 Å². The Bertz CT molecular complexity index is 257. The topological polar surface area (TPSA) is 43.8 Å². The minimum absolute atomic E-state index is 0.365. The van der Waals surface area contributed by atoms with Crippen LogP contribution < -0.4 is 5.73 Å². The molecule has 0 radical (unpaired) electrons. The van der Waals surface area contributed by atoms with Crippen molar-refractivity contribution in [1.29, 1.82) is 0 Å². The van der Waals surface area contributed by atoms with Crippen LogP contribution in [0.15, 0.2) is 6.07 Å². The molecule has 2 N–H and O–H groups in total. The number of hydrogen-bond donors (Lipinski definition) is 1. The van der Waals surface area contributed by atoms with Gasteiger partial charge in [0.1, 0.15) is 0 Å². The van der Waals surface area contributed by atoms with E-state index in [9.17, 15) is 0 Å². The van der Waals surface area contributed by atoms with Crippen LogP contribution in [0.1, 0.15) is 23.7 Å². The van der Waals surface area contributed by atoms with E-state index >= 15 is 0 Å². The highest BCUT2D eigenvalue weighted by atomic mass is 15.3. The number of nitrogens with two attached hydrogens (primary N) is 1. The second-order valence-corrected chi connectivity index (χ2v) is 3.34. The summed E-state index contributed by atoms with van der Waals surface area (Å²) < 4.78 is 1.90. The first kappa shape index (κ1) is 6.85. The highest BCUT2D eigenvalue weighted by molar-refractivity contribution is 5.21. The van der Waals surface area contributed by atoms with Crippen molar-refractivity contribution in [2.75, 3.05) is 0 Å². The monoisotopic (exact) mass is 151 g/mol. The maximum absolute atomic E-state index is 5.71. The second kappa shape index (κ2) is 2.08. The van der Waals surface area contributed by atoms with Crippen molar-refractivity contribution < 1.29 is 0 Å². The van der Waals surface area contributed by atoms with E-state index in [1.54, 1.807) is 0 Å². The lowest BCUT2D eigenvalue weighted by atomic mass is 10.3. The Labute approximate surface area is 66.2 Å². The maximum Gasteiger partial charge on any atom is 0.0674 e. The molecule has 1 fully saturated rings. The van der Waals surface area contributed by atoms with Crippen LogP contribution in [0.3, 0.4) is 0 Å². The fourth-order valence-electron chi connectivity index (χ4n) is 1.32. The highest BCUT2D eigenvalue weighted by Crippen LogP contribution is 2.38. The molecule has 11 heavy (non-hydrogen) atoms. The molecule has 0 aromatic carbocycles. The van der Waals surface area contributed by atoms with E-state index in [-0.39, 0.29) is 0 Å². The van der Waals surface area contributed by atoms with Gasteiger partial charge in [-0.15, -0.1) is 0 Å². The molecule has 3 heteroatoms. The van der Waals surface area contributed by atoms with Gasteiger partial charge in [-0.25, -0.2) is 0 Å². The zero-order valence-corrected chi connectivity index (χ0v) is 6.91. The Hall–Kier alpha value is -0.830. The van der Waals surface area contributed by atoms with Crippen molar-refractivity contribution in [3.63, 3.8) is 0 Å². The molecule has 60 valence electrons. The van der Waals surface area contributed by atoms with Crippen LogP contribution in [0.4, 0.5) is 0 Å². The van der Waals surface area contributed by atoms with Gasteiger partial charge >= 0.3 is 0 Å². The van der Waals surface area contributed by atoms with Gasteiger partial charge in [-0.1, -0.05) is 0 Å². The molecule has 0 spiro atoms. The summed E-state index contributed by atoms with van der Waals surface area (Å²) in [4.78, 5) is 0. The van der Waals surface area contributed by atoms with E-state index < -0.39 is 0 Å². The maximum atomic E-state index is 5.71. The van der Waals surface area contributed by atoms with E-state index in [2.05, 4.69) is 18.1 Å². The predicted octanol–water partition coefficient (Wildman–Crippen LogP) is 0.543. The van der Waals surface area contributed by atoms with Crippen molar-refractivity contribution in [2.24, 2.45) is 12.8 Å². The summed E-state index contributed by atoms with van der Waals surface area (Å²) in [5, 5.41) is 4.36. The van der Waals surface area contributed by atoms with Crippen molar-refractivity contribution in [3.05, 3.63) is 17.5 Å². The molecule has 0 aliphatic heterocycles. The van der Waals surface area contributed by atoms with Crippen molar-refractivity contribution in [2.45, 2.75) is 25.3 Å².